The van der Waals surface area contributed by atoms with Gasteiger partial charge in [-0.25, -0.2) is 0 Å². The molecule has 0 spiro atoms. The number of aliphatic carboxylic acids is 1. The van der Waals surface area contributed by atoms with E-state index in [1.54, 1.807) is 17.8 Å². The molecule has 2 rings (SSSR count). The van der Waals surface area contributed by atoms with Crippen LogP contribution in [0.25, 0.3) is 9.65 Å². The fourth-order valence-corrected chi connectivity index (χ4v) is 4.55. The van der Waals surface area contributed by atoms with Gasteiger partial charge in [-0.15, -0.1) is 0 Å². The molecule has 1 heterocycles. The molecule has 0 aliphatic rings. The van der Waals surface area contributed by atoms with Crippen molar-refractivity contribution < 1.29 is 9.90 Å². The van der Waals surface area contributed by atoms with Gasteiger partial charge in [0.1, 0.15) is 0 Å². The number of fused-ring (bicyclic) bond motifs is 1. The fourth-order valence-electron chi connectivity index (χ4n) is 1.76. The number of aromatic nitrogens is 1. The zero-order valence-electron chi connectivity index (χ0n) is 9.83. The van der Waals surface area contributed by atoms with Gasteiger partial charge in [-0.1, -0.05) is 0 Å². The molecule has 1 aromatic heterocycles. The maximum atomic E-state index is 12.2. The van der Waals surface area contributed by atoms with Crippen LogP contribution in [0.1, 0.15) is 12.5 Å². The summed E-state index contributed by atoms with van der Waals surface area (Å²) in [4.78, 5) is 23.5. The number of thioether (sulfide) groups is 1. The predicted octanol–water partition coefficient (Wildman–Crippen LogP) is 1.44. The second-order valence-corrected chi connectivity index (χ2v) is 6.97. The van der Waals surface area contributed by atoms with Crippen LogP contribution in [-0.2, 0) is 4.79 Å². The van der Waals surface area contributed by atoms with Crippen LogP contribution in [0.4, 0.5) is 0 Å². The van der Waals surface area contributed by atoms with Crippen LogP contribution in [0, 0.1) is 0 Å². The van der Waals surface area contributed by atoms with Gasteiger partial charge in [-0.3, -0.25) is 0 Å². The predicted molar refractivity (Wildman–Crippen MR) is 74.8 cm³/mol. The normalized spacial score (nSPS) is 12.7. The second-order valence-electron chi connectivity index (χ2n) is 3.85. The molecule has 0 unspecified atom stereocenters. The molecule has 0 aliphatic carbocycles. The van der Waals surface area contributed by atoms with Crippen LogP contribution in [0.15, 0.2) is 29.1 Å². The number of carboxylic acids is 1. The van der Waals surface area contributed by atoms with Gasteiger partial charge >= 0.3 is 115 Å². The van der Waals surface area contributed by atoms with E-state index in [0.717, 1.165) is 10.0 Å². The molecule has 0 saturated heterocycles. The molecule has 1 N–H and O–H groups in total. The van der Waals surface area contributed by atoms with Crippen LogP contribution < -0.4 is 5.56 Å². The zero-order chi connectivity index (χ0) is 13.1. The Morgan fingerprint density at radius 1 is 1.50 bits per heavy atom. The Kier molecular flexibility index (Phi) is 4.32. The third kappa shape index (κ3) is 2.55. The van der Waals surface area contributed by atoms with Crippen molar-refractivity contribution in [3.05, 3.63) is 34.6 Å². The van der Waals surface area contributed by atoms with Gasteiger partial charge < -0.3 is 0 Å². The van der Waals surface area contributed by atoms with Crippen LogP contribution >= 0.6 is 11.8 Å². The van der Waals surface area contributed by atoms with Crippen molar-refractivity contribution in [3.8, 4) is 0 Å². The van der Waals surface area contributed by atoms with Gasteiger partial charge in [-0.2, -0.15) is 0 Å². The van der Waals surface area contributed by atoms with Crippen LogP contribution in [0.5, 0.6) is 0 Å². The number of benzene rings is 1. The monoisotopic (exact) mass is 331 g/mol. The summed E-state index contributed by atoms with van der Waals surface area (Å²) >= 11 is 1.38. The maximum absolute atomic E-state index is 12.2. The van der Waals surface area contributed by atoms with Crippen molar-refractivity contribution in [1.82, 2.24) is 3.56 Å². The number of hydrogen-bond donors (Lipinski definition) is 1. The van der Waals surface area contributed by atoms with E-state index < -0.39 is 12.0 Å². The van der Waals surface area contributed by atoms with Gasteiger partial charge in [0.15, 0.2) is 0 Å². The summed E-state index contributed by atoms with van der Waals surface area (Å²) in [6.45, 7) is 0. The van der Waals surface area contributed by atoms with Crippen LogP contribution in [-0.4, -0.2) is 41.4 Å². The molecule has 0 bridgehead atoms. The van der Waals surface area contributed by atoms with E-state index in [0.29, 0.717) is 11.8 Å². The van der Waals surface area contributed by atoms with E-state index in [-0.39, 0.29) is 20.3 Å². The molecule has 0 aliphatic heterocycles. The molecular formula is C12H13NO3SSe. The van der Waals surface area contributed by atoms with E-state index in [4.69, 9.17) is 0 Å². The van der Waals surface area contributed by atoms with Crippen molar-refractivity contribution in [2.24, 2.45) is 0 Å². The summed E-state index contributed by atoms with van der Waals surface area (Å²) in [5.41, 5.74) is -0.140. The first kappa shape index (κ1) is 13.5. The Morgan fingerprint density at radius 2 is 2.22 bits per heavy atom. The SMILES string of the molecule is CSCC[C@@H](C(=O)O)n1[se]c2ccccc2c1=O. The molecule has 0 radical (unpaired) electrons. The fraction of sp³-hybridized carbons (Fsp3) is 0.333. The first-order valence-corrected chi connectivity index (χ1v) is 8.49. The zero-order valence-corrected chi connectivity index (χ0v) is 12.4. The van der Waals surface area contributed by atoms with Crippen molar-refractivity contribution in [3.63, 3.8) is 0 Å². The van der Waals surface area contributed by atoms with Crippen molar-refractivity contribution in [2.75, 3.05) is 12.0 Å². The number of nitrogens with zero attached hydrogens (tertiary/aromatic N) is 1. The minimum atomic E-state index is -0.910. The number of rotatable bonds is 5. The van der Waals surface area contributed by atoms with E-state index in [1.165, 1.54) is 3.56 Å². The molecule has 0 amide bonds. The summed E-state index contributed by atoms with van der Waals surface area (Å²) in [5.74, 6) is -0.167. The van der Waals surface area contributed by atoms with Crippen molar-refractivity contribution in [1.29, 1.82) is 0 Å². The van der Waals surface area contributed by atoms with Gasteiger partial charge in [0.2, 0.25) is 0 Å². The molecule has 4 nitrogen and oxygen atoms in total. The van der Waals surface area contributed by atoms with Gasteiger partial charge in [0.05, 0.1) is 0 Å². The summed E-state index contributed by atoms with van der Waals surface area (Å²) in [6, 6.07) is 6.67. The molecule has 6 heteroatoms. The van der Waals surface area contributed by atoms with Crippen molar-refractivity contribution in [2.45, 2.75) is 12.5 Å². The minimum absolute atomic E-state index is 0.140. The average molecular weight is 330 g/mol. The third-order valence-electron chi connectivity index (χ3n) is 2.68. The first-order chi connectivity index (χ1) is 8.65. The Bertz CT molecular complexity index is 619. The van der Waals surface area contributed by atoms with E-state index >= 15 is 0 Å². The van der Waals surface area contributed by atoms with Gasteiger partial charge in [0, 0.05) is 0 Å². The summed E-state index contributed by atoms with van der Waals surface area (Å²) in [5, 5.41) is 9.92. The Morgan fingerprint density at radius 3 is 2.83 bits per heavy atom. The molecule has 18 heavy (non-hydrogen) atoms. The molecule has 1 atom stereocenters. The third-order valence-corrected chi connectivity index (χ3v) is 5.78. The molecule has 0 fully saturated rings. The molecule has 1 aromatic carbocycles. The topological polar surface area (TPSA) is 59.3 Å². The Balaban J connectivity index is 2.47. The Labute approximate surface area is 115 Å². The first-order valence-electron chi connectivity index (χ1n) is 5.47. The molecule has 0 saturated carbocycles. The summed E-state index contributed by atoms with van der Waals surface area (Å²) in [6.07, 6.45) is 2.43. The summed E-state index contributed by atoms with van der Waals surface area (Å²) in [7, 11) is 0. The molecular weight excluding hydrogens is 317 g/mol. The average Bonchev–Trinajstić information content (AvgIpc) is 2.68. The van der Waals surface area contributed by atoms with Crippen molar-refractivity contribution >= 4 is 42.1 Å². The van der Waals surface area contributed by atoms with E-state index in [9.17, 15) is 14.7 Å². The standard InChI is InChI=1S/C12H13NO3SSe/c1-17-7-6-9(12(15)16)13-11(14)8-4-2-3-5-10(8)18-13/h2-5,9H,6-7H2,1H3,(H,15,16)/t9-/m0/s1. The van der Waals surface area contributed by atoms with Gasteiger partial charge in [-0.05, 0) is 0 Å². The number of hydrogen-bond acceptors (Lipinski definition) is 3. The molecule has 2 aromatic rings. The second kappa shape index (κ2) is 5.78. The van der Waals surface area contributed by atoms with E-state index in [2.05, 4.69) is 0 Å². The Hall–Kier alpha value is -0.971. The van der Waals surface area contributed by atoms with E-state index in [1.807, 2.05) is 24.5 Å². The quantitative estimate of drug-likeness (QED) is 0.843. The van der Waals surface area contributed by atoms with Gasteiger partial charge in [0.25, 0.3) is 0 Å². The molecule has 96 valence electrons. The van der Waals surface area contributed by atoms with Crippen LogP contribution in [0.3, 0.4) is 0 Å². The number of carbonyl (C=O) groups is 1. The summed E-state index contributed by atoms with van der Waals surface area (Å²) < 4.78 is 2.50. The number of carboxylic acid groups (broad SMARTS) is 1. The van der Waals surface area contributed by atoms with Crippen LogP contribution in [0.2, 0.25) is 0 Å².